The third-order valence-electron chi connectivity index (χ3n) is 3.69. The highest BCUT2D eigenvalue weighted by atomic mass is 15.4. The molecule has 1 heterocycles. The molecule has 1 saturated carbocycles. The molecule has 1 aromatic heterocycles. The second-order valence-corrected chi connectivity index (χ2v) is 4.63. The third-order valence-corrected chi connectivity index (χ3v) is 3.69. The fourth-order valence-corrected chi connectivity index (χ4v) is 2.47. The number of hydrogen-bond acceptors (Lipinski definition) is 2. The first-order chi connectivity index (χ1) is 7.33. The van der Waals surface area contributed by atoms with Gasteiger partial charge in [-0.2, -0.15) is 0 Å². The highest BCUT2D eigenvalue weighted by molar-refractivity contribution is 4.93. The van der Waals surface area contributed by atoms with E-state index >= 15 is 0 Å². The van der Waals surface area contributed by atoms with E-state index in [0.717, 1.165) is 18.0 Å². The quantitative estimate of drug-likeness (QED) is 0.763. The summed E-state index contributed by atoms with van der Waals surface area (Å²) in [5.74, 6) is 0.954. The zero-order valence-electron chi connectivity index (χ0n) is 9.82. The van der Waals surface area contributed by atoms with Crippen LogP contribution in [0.2, 0.25) is 0 Å². The molecular formula is C12H21N3. The lowest BCUT2D eigenvalue weighted by Crippen LogP contribution is -2.18. The zero-order valence-corrected chi connectivity index (χ0v) is 9.82. The van der Waals surface area contributed by atoms with Crippen molar-refractivity contribution in [2.45, 2.75) is 58.4 Å². The topological polar surface area (TPSA) is 30.7 Å². The van der Waals surface area contributed by atoms with Crippen molar-refractivity contribution in [2.75, 3.05) is 0 Å². The van der Waals surface area contributed by atoms with Gasteiger partial charge >= 0.3 is 0 Å². The number of aryl methyl sites for hydroxylation is 1. The van der Waals surface area contributed by atoms with Crippen LogP contribution >= 0.6 is 0 Å². The van der Waals surface area contributed by atoms with Gasteiger partial charge in [-0.15, -0.1) is 5.10 Å². The monoisotopic (exact) mass is 207 g/mol. The summed E-state index contributed by atoms with van der Waals surface area (Å²) in [4.78, 5) is 0. The van der Waals surface area contributed by atoms with Crippen molar-refractivity contribution < 1.29 is 0 Å². The minimum absolute atomic E-state index is 0.612. The highest BCUT2D eigenvalue weighted by Crippen LogP contribution is 2.33. The molecule has 0 aromatic carbocycles. The summed E-state index contributed by atoms with van der Waals surface area (Å²) in [6.07, 6.45) is 9.74. The normalized spacial score (nSPS) is 26.8. The summed E-state index contributed by atoms with van der Waals surface area (Å²) >= 11 is 0. The molecule has 0 saturated heterocycles. The molecule has 15 heavy (non-hydrogen) atoms. The van der Waals surface area contributed by atoms with Crippen LogP contribution in [0.3, 0.4) is 0 Å². The summed E-state index contributed by atoms with van der Waals surface area (Å²) in [5.41, 5.74) is 1.12. The maximum atomic E-state index is 4.23. The van der Waals surface area contributed by atoms with E-state index < -0.39 is 0 Å². The number of aromatic nitrogens is 3. The van der Waals surface area contributed by atoms with Gasteiger partial charge in [0, 0.05) is 6.20 Å². The molecule has 3 nitrogen and oxygen atoms in total. The lowest BCUT2D eigenvalue weighted by Gasteiger charge is -2.27. The Morgan fingerprint density at radius 2 is 2.00 bits per heavy atom. The molecule has 0 N–H and O–H groups in total. The van der Waals surface area contributed by atoms with E-state index in [1.54, 1.807) is 0 Å². The van der Waals surface area contributed by atoms with Crippen molar-refractivity contribution in [1.29, 1.82) is 0 Å². The molecule has 0 radical (unpaired) electrons. The van der Waals surface area contributed by atoms with Crippen molar-refractivity contribution in [1.82, 2.24) is 15.0 Å². The molecule has 84 valence electrons. The summed E-state index contributed by atoms with van der Waals surface area (Å²) in [6.45, 7) is 4.43. The summed E-state index contributed by atoms with van der Waals surface area (Å²) < 4.78 is 2.09. The van der Waals surface area contributed by atoms with Gasteiger partial charge in [-0.05, 0) is 38.0 Å². The van der Waals surface area contributed by atoms with Crippen molar-refractivity contribution in [3.8, 4) is 0 Å². The SMILES string of the molecule is CCc1cn([C@H]2CC[C@H](CC)CC2)nn1. The molecule has 1 fully saturated rings. The van der Waals surface area contributed by atoms with Crippen molar-refractivity contribution >= 4 is 0 Å². The highest BCUT2D eigenvalue weighted by Gasteiger charge is 2.21. The molecule has 0 spiro atoms. The van der Waals surface area contributed by atoms with Crippen LogP contribution in [-0.4, -0.2) is 15.0 Å². The summed E-state index contributed by atoms with van der Waals surface area (Å²) in [7, 11) is 0. The van der Waals surface area contributed by atoms with Gasteiger partial charge in [0.2, 0.25) is 0 Å². The number of hydrogen-bond donors (Lipinski definition) is 0. The number of nitrogens with zero attached hydrogens (tertiary/aromatic N) is 3. The third kappa shape index (κ3) is 2.39. The van der Waals surface area contributed by atoms with Crippen LogP contribution in [-0.2, 0) is 6.42 Å². The molecule has 1 aromatic rings. The van der Waals surface area contributed by atoms with Gasteiger partial charge in [-0.25, -0.2) is 4.68 Å². The van der Waals surface area contributed by atoms with Gasteiger partial charge in [0.15, 0.2) is 0 Å². The van der Waals surface area contributed by atoms with Gasteiger partial charge in [0.05, 0.1) is 11.7 Å². The summed E-state index contributed by atoms with van der Waals surface area (Å²) in [6, 6.07) is 0.612. The van der Waals surface area contributed by atoms with Crippen LogP contribution in [0, 0.1) is 5.92 Å². The second kappa shape index (κ2) is 4.77. The Labute approximate surface area is 91.9 Å². The van der Waals surface area contributed by atoms with Gasteiger partial charge in [-0.3, -0.25) is 0 Å². The Bertz CT molecular complexity index is 298. The molecule has 0 aliphatic heterocycles. The van der Waals surface area contributed by atoms with Crippen molar-refractivity contribution in [2.24, 2.45) is 5.92 Å². The summed E-state index contributed by atoms with van der Waals surface area (Å²) in [5, 5.41) is 8.39. The largest absolute Gasteiger partial charge is 0.249 e. The Morgan fingerprint density at radius 1 is 1.27 bits per heavy atom. The van der Waals surface area contributed by atoms with Crippen LogP contribution < -0.4 is 0 Å². The van der Waals surface area contributed by atoms with Crippen LogP contribution in [0.1, 0.15) is 57.7 Å². The Hall–Kier alpha value is -0.860. The predicted octanol–water partition coefficient (Wildman–Crippen LogP) is 2.98. The Balaban J connectivity index is 1.95. The Morgan fingerprint density at radius 3 is 2.53 bits per heavy atom. The van der Waals surface area contributed by atoms with Crippen LogP contribution in [0.15, 0.2) is 6.20 Å². The molecule has 0 atom stereocenters. The molecule has 1 aliphatic carbocycles. The smallest absolute Gasteiger partial charge is 0.0824 e. The van der Waals surface area contributed by atoms with E-state index in [4.69, 9.17) is 0 Å². The van der Waals surface area contributed by atoms with Gasteiger partial charge in [0.1, 0.15) is 0 Å². The van der Waals surface area contributed by atoms with E-state index in [1.165, 1.54) is 32.1 Å². The first-order valence-electron chi connectivity index (χ1n) is 6.24. The maximum Gasteiger partial charge on any atom is 0.0824 e. The average Bonchev–Trinajstić information content (AvgIpc) is 2.78. The molecular weight excluding hydrogens is 186 g/mol. The second-order valence-electron chi connectivity index (χ2n) is 4.63. The van der Waals surface area contributed by atoms with Crippen LogP contribution in [0.4, 0.5) is 0 Å². The first kappa shape index (κ1) is 10.7. The number of rotatable bonds is 3. The van der Waals surface area contributed by atoms with E-state index in [1.807, 2.05) is 0 Å². The van der Waals surface area contributed by atoms with E-state index in [-0.39, 0.29) is 0 Å². The fraction of sp³-hybridized carbons (Fsp3) is 0.833. The van der Waals surface area contributed by atoms with Crippen molar-refractivity contribution in [3.05, 3.63) is 11.9 Å². The lowest BCUT2D eigenvalue weighted by atomic mass is 9.85. The predicted molar refractivity (Wildman–Crippen MR) is 60.7 cm³/mol. The first-order valence-corrected chi connectivity index (χ1v) is 6.24. The van der Waals surface area contributed by atoms with Gasteiger partial charge in [-0.1, -0.05) is 25.5 Å². The van der Waals surface area contributed by atoms with E-state index in [2.05, 4.69) is 35.0 Å². The van der Waals surface area contributed by atoms with Crippen LogP contribution in [0.25, 0.3) is 0 Å². The molecule has 0 bridgehead atoms. The minimum atomic E-state index is 0.612. The van der Waals surface area contributed by atoms with Gasteiger partial charge in [0.25, 0.3) is 0 Å². The van der Waals surface area contributed by atoms with Crippen LogP contribution in [0.5, 0.6) is 0 Å². The Kier molecular flexibility index (Phi) is 3.39. The standard InChI is InChI=1S/C12H21N3/c1-3-10-5-7-12(8-6-10)15-9-11(4-2)13-14-15/h9-10,12H,3-8H2,1-2H3/t10-,12-. The van der Waals surface area contributed by atoms with E-state index in [9.17, 15) is 0 Å². The fourth-order valence-electron chi connectivity index (χ4n) is 2.47. The maximum absolute atomic E-state index is 4.23. The minimum Gasteiger partial charge on any atom is -0.249 e. The molecule has 0 unspecified atom stereocenters. The molecule has 1 aliphatic rings. The average molecular weight is 207 g/mol. The van der Waals surface area contributed by atoms with Gasteiger partial charge < -0.3 is 0 Å². The van der Waals surface area contributed by atoms with E-state index in [0.29, 0.717) is 6.04 Å². The zero-order chi connectivity index (χ0) is 10.7. The molecule has 0 amide bonds. The molecule has 3 heteroatoms. The lowest BCUT2D eigenvalue weighted by molar-refractivity contribution is 0.253. The molecule has 2 rings (SSSR count). The van der Waals surface area contributed by atoms with Crippen molar-refractivity contribution in [3.63, 3.8) is 0 Å².